The first-order chi connectivity index (χ1) is 9.61. The SMILES string of the molecule is CCNc1nc(C2CCOCC2)nc(CC(C)C)c1Br. The van der Waals surface area contributed by atoms with Crippen LogP contribution in [-0.2, 0) is 11.2 Å². The first-order valence-corrected chi connectivity index (χ1v) is 8.29. The van der Waals surface area contributed by atoms with Crippen LogP contribution in [0.1, 0.15) is 51.0 Å². The highest BCUT2D eigenvalue weighted by Gasteiger charge is 2.22. The summed E-state index contributed by atoms with van der Waals surface area (Å²) in [6, 6.07) is 0. The van der Waals surface area contributed by atoms with Crippen molar-refractivity contribution >= 4 is 21.7 Å². The molecule has 0 spiro atoms. The Labute approximate surface area is 129 Å². The molecule has 0 amide bonds. The zero-order valence-corrected chi connectivity index (χ0v) is 14.2. The number of hydrogen-bond acceptors (Lipinski definition) is 4. The molecular weight excluding hydrogens is 318 g/mol. The lowest BCUT2D eigenvalue weighted by Gasteiger charge is -2.22. The Morgan fingerprint density at radius 2 is 2.00 bits per heavy atom. The minimum absolute atomic E-state index is 0.431. The van der Waals surface area contributed by atoms with E-state index < -0.39 is 0 Å². The molecule has 2 rings (SSSR count). The molecule has 1 N–H and O–H groups in total. The first kappa shape index (κ1) is 15.7. The average Bonchev–Trinajstić information content (AvgIpc) is 2.44. The van der Waals surface area contributed by atoms with Gasteiger partial charge in [0.15, 0.2) is 0 Å². The molecule has 0 unspecified atom stereocenters. The molecule has 5 heteroatoms. The van der Waals surface area contributed by atoms with E-state index in [0.29, 0.717) is 11.8 Å². The van der Waals surface area contributed by atoms with Crippen LogP contribution in [0.25, 0.3) is 0 Å². The van der Waals surface area contributed by atoms with E-state index in [1.807, 2.05) is 0 Å². The topological polar surface area (TPSA) is 47.0 Å². The van der Waals surface area contributed by atoms with Gasteiger partial charge in [-0.3, -0.25) is 0 Å². The second-order valence-electron chi connectivity index (χ2n) is 5.71. The van der Waals surface area contributed by atoms with E-state index in [-0.39, 0.29) is 0 Å². The van der Waals surface area contributed by atoms with Gasteiger partial charge < -0.3 is 10.1 Å². The van der Waals surface area contributed by atoms with E-state index >= 15 is 0 Å². The maximum Gasteiger partial charge on any atom is 0.144 e. The van der Waals surface area contributed by atoms with E-state index in [1.165, 1.54) is 0 Å². The van der Waals surface area contributed by atoms with E-state index in [2.05, 4.69) is 42.0 Å². The molecule has 20 heavy (non-hydrogen) atoms. The normalized spacial score (nSPS) is 16.6. The monoisotopic (exact) mass is 341 g/mol. The van der Waals surface area contributed by atoms with Crippen molar-refractivity contribution in [2.45, 2.75) is 46.0 Å². The summed E-state index contributed by atoms with van der Waals surface area (Å²) in [5.41, 5.74) is 1.12. The van der Waals surface area contributed by atoms with Crippen molar-refractivity contribution in [1.29, 1.82) is 0 Å². The number of nitrogens with zero attached hydrogens (tertiary/aromatic N) is 2. The van der Waals surface area contributed by atoms with Crippen LogP contribution >= 0.6 is 15.9 Å². The van der Waals surface area contributed by atoms with Gasteiger partial charge in [0, 0.05) is 25.7 Å². The molecule has 1 saturated heterocycles. The van der Waals surface area contributed by atoms with Gasteiger partial charge in [-0.15, -0.1) is 0 Å². The van der Waals surface area contributed by atoms with Gasteiger partial charge in [0.2, 0.25) is 0 Å². The van der Waals surface area contributed by atoms with Gasteiger partial charge in [-0.25, -0.2) is 9.97 Å². The lowest BCUT2D eigenvalue weighted by atomic mass is 9.99. The quantitative estimate of drug-likeness (QED) is 0.885. The Balaban J connectivity index is 2.32. The lowest BCUT2D eigenvalue weighted by Crippen LogP contribution is -2.18. The molecule has 1 aliphatic rings. The van der Waals surface area contributed by atoms with Crippen LogP contribution in [0, 0.1) is 5.92 Å². The summed E-state index contributed by atoms with van der Waals surface area (Å²) >= 11 is 3.66. The molecule has 112 valence electrons. The van der Waals surface area contributed by atoms with E-state index in [1.54, 1.807) is 0 Å². The van der Waals surface area contributed by atoms with Crippen molar-refractivity contribution in [3.63, 3.8) is 0 Å². The van der Waals surface area contributed by atoms with Crippen LogP contribution < -0.4 is 5.32 Å². The third-order valence-corrected chi connectivity index (χ3v) is 4.30. The van der Waals surface area contributed by atoms with Gasteiger partial charge in [-0.05, 0) is 48.0 Å². The average molecular weight is 342 g/mol. The van der Waals surface area contributed by atoms with Crippen LogP contribution in [0.3, 0.4) is 0 Å². The smallest absolute Gasteiger partial charge is 0.144 e. The summed E-state index contributed by atoms with van der Waals surface area (Å²) in [4.78, 5) is 9.55. The standard InChI is InChI=1S/C15H24BrN3O/c1-4-17-15-13(16)12(9-10(2)3)18-14(19-15)11-5-7-20-8-6-11/h10-11H,4-9H2,1-3H3,(H,17,18,19). The van der Waals surface area contributed by atoms with E-state index in [0.717, 1.165) is 60.8 Å². The number of hydrogen-bond donors (Lipinski definition) is 1. The fourth-order valence-electron chi connectivity index (χ4n) is 2.46. The molecule has 0 bridgehead atoms. The van der Waals surface area contributed by atoms with Crippen molar-refractivity contribution in [3.05, 3.63) is 16.0 Å². The predicted octanol–water partition coefficient (Wildman–Crippen LogP) is 3.76. The van der Waals surface area contributed by atoms with Crippen LogP contribution in [0.4, 0.5) is 5.82 Å². The second-order valence-corrected chi connectivity index (χ2v) is 6.50. The van der Waals surface area contributed by atoms with Gasteiger partial charge in [0.25, 0.3) is 0 Å². The van der Waals surface area contributed by atoms with E-state index in [4.69, 9.17) is 14.7 Å². The molecule has 0 aliphatic carbocycles. The zero-order chi connectivity index (χ0) is 14.5. The van der Waals surface area contributed by atoms with Crippen LogP contribution in [0.15, 0.2) is 4.47 Å². The van der Waals surface area contributed by atoms with Crippen molar-refractivity contribution in [1.82, 2.24) is 9.97 Å². The summed E-state index contributed by atoms with van der Waals surface area (Å²) in [7, 11) is 0. The summed E-state index contributed by atoms with van der Waals surface area (Å²) in [6.07, 6.45) is 3.01. The predicted molar refractivity (Wildman–Crippen MR) is 85.2 cm³/mol. The zero-order valence-electron chi connectivity index (χ0n) is 12.6. The van der Waals surface area contributed by atoms with Gasteiger partial charge in [-0.1, -0.05) is 13.8 Å². The lowest BCUT2D eigenvalue weighted by molar-refractivity contribution is 0.0835. The van der Waals surface area contributed by atoms with Gasteiger partial charge in [-0.2, -0.15) is 0 Å². The number of anilines is 1. The van der Waals surface area contributed by atoms with Crippen LogP contribution in [0.5, 0.6) is 0 Å². The Hall–Kier alpha value is -0.680. The number of halogens is 1. The minimum atomic E-state index is 0.431. The molecular formula is C15H24BrN3O. The van der Waals surface area contributed by atoms with Crippen LogP contribution in [-0.4, -0.2) is 29.7 Å². The highest BCUT2D eigenvalue weighted by atomic mass is 79.9. The largest absolute Gasteiger partial charge is 0.381 e. The number of aromatic nitrogens is 2. The summed E-state index contributed by atoms with van der Waals surface area (Å²) in [6.45, 7) is 9.03. The summed E-state index contributed by atoms with van der Waals surface area (Å²) in [5, 5.41) is 3.34. The maximum absolute atomic E-state index is 5.44. The third kappa shape index (κ3) is 3.92. The number of nitrogens with one attached hydrogen (secondary N) is 1. The van der Waals surface area contributed by atoms with Crippen molar-refractivity contribution in [2.24, 2.45) is 5.92 Å². The maximum atomic E-state index is 5.44. The number of rotatable bonds is 5. The molecule has 2 heterocycles. The first-order valence-electron chi connectivity index (χ1n) is 7.49. The number of ether oxygens (including phenoxy) is 1. The van der Waals surface area contributed by atoms with Gasteiger partial charge >= 0.3 is 0 Å². The minimum Gasteiger partial charge on any atom is -0.381 e. The third-order valence-electron chi connectivity index (χ3n) is 3.47. The Kier molecular flexibility index (Phi) is 5.78. The molecule has 0 aromatic carbocycles. The van der Waals surface area contributed by atoms with Gasteiger partial charge in [0.05, 0.1) is 10.2 Å². The summed E-state index contributed by atoms with van der Waals surface area (Å²) in [5.74, 6) is 2.92. The summed E-state index contributed by atoms with van der Waals surface area (Å²) < 4.78 is 6.45. The van der Waals surface area contributed by atoms with Gasteiger partial charge in [0.1, 0.15) is 11.6 Å². The molecule has 0 atom stereocenters. The second kappa shape index (κ2) is 7.36. The van der Waals surface area contributed by atoms with Crippen LogP contribution in [0.2, 0.25) is 0 Å². The fraction of sp³-hybridized carbons (Fsp3) is 0.733. The van der Waals surface area contributed by atoms with Crippen molar-refractivity contribution < 1.29 is 4.74 Å². The van der Waals surface area contributed by atoms with Crippen molar-refractivity contribution in [2.75, 3.05) is 25.1 Å². The highest BCUT2D eigenvalue weighted by Crippen LogP contribution is 2.30. The molecule has 0 radical (unpaired) electrons. The molecule has 1 aliphatic heterocycles. The Bertz CT molecular complexity index is 445. The Morgan fingerprint density at radius 3 is 2.60 bits per heavy atom. The molecule has 1 aromatic rings. The molecule has 0 saturated carbocycles. The van der Waals surface area contributed by atoms with Crippen molar-refractivity contribution in [3.8, 4) is 0 Å². The fourth-order valence-corrected chi connectivity index (χ4v) is 2.94. The van der Waals surface area contributed by atoms with E-state index in [9.17, 15) is 0 Å². The highest BCUT2D eigenvalue weighted by molar-refractivity contribution is 9.10. The molecule has 4 nitrogen and oxygen atoms in total. The molecule has 1 aromatic heterocycles. The molecule has 1 fully saturated rings. The Morgan fingerprint density at radius 1 is 1.30 bits per heavy atom.